The zero-order valence-electron chi connectivity index (χ0n) is 22.1. The van der Waals surface area contributed by atoms with Gasteiger partial charge in [0, 0.05) is 49.3 Å². The van der Waals surface area contributed by atoms with Gasteiger partial charge in [-0.1, -0.05) is 72.8 Å². The number of nitrogens with zero attached hydrogens (tertiary/aromatic N) is 5. The average molecular weight is 524 g/mol. The van der Waals surface area contributed by atoms with Crippen molar-refractivity contribution in [1.29, 1.82) is 0 Å². The summed E-state index contributed by atoms with van der Waals surface area (Å²) >= 11 is 0. The van der Waals surface area contributed by atoms with E-state index in [-0.39, 0.29) is 0 Å². The van der Waals surface area contributed by atoms with E-state index in [0.29, 0.717) is 11.6 Å². The molecule has 5 aromatic carbocycles. The molecule has 5 heteroatoms. The van der Waals surface area contributed by atoms with E-state index in [1.165, 1.54) is 59.6 Å². The van der Waals surface area contributed by atoms with Crippen molar-refractivity contribution in [2.45, 2.75) is 6.92 Å². The Morgan fingerprint density at radius 1 is 0.537 bits per heavy atom. The molecular formula is C36H21N5. The van der Waals surface area contributed by atoms with E-state index in [4.69, 9.17) is 9.97 Å². The lowest BCUT2D eigenvalue weighted by molar-refractivity contribution is 0.985. The Kier molecular flexibility index (Phi) is 3.81. The molecular weight excluding hydrogens is 502 g/mol. The molecule has 0 N–H and O–H groups in total. The highest BCUT2D eigenvalue weighted by Crippen LogP contribution is 2.47. The first kappa shape index (κ1) is 21.3. The number of para-hydroxylation sites is 2. The zero-order valence-corrected chi connectivity index (χ0v) is 22.1. The molecule has 0 fully saturated rings. The van der Waals surface area contributed by atoms with Crippen molar-refractivity contribution < 1.29 is 0 Å². The predicted octanol–water partition coefficient (Wildman–Crippen LogP) is 8.73. The SMILES string of the molecule is Cc1nc(-n2c3c4ccccc4ccc3c3cc4c5ccccc5n5c6ccccc6c(c32)c45)nc2ncccc12. The Labute approximate surface area is 233 Å². The van der Waals surface area contributed by atoms with Crippen LogP contribution in [0.1, 0.15) is 5.69 Å². The first-order valence-electron chi connectivity index (χ1n) is 13.9. The van der Waals surface area contributed by atoms with Crippen LogP contribution in [-0.4, -0.2) is 23.9 Å². The van der Waals surface area contributed by atoms with Gasteiger partial charge in [-0.25, -0.2) is 9.97 Å². The molecule has 41 heavy (non-hydrogen) atoms. The molecule has 0 bridgehead atoms. The van der Waals surface area contributed by atoms with Crippen LogP contribution in [0.5, 0.6) is 0 Å². The fraction of sp³-hybridized carbons (Fsp3) is 0.0278. The Bertz CT molecular complexity index is 2710. The van der Waals surface area contributed by atoms with Gasteiger partial charge in [-0.3, -0.25) is 4.57 Å². The van der Waals surface area contributed by atoms with Gasteiger partial charge in [-0.2, -0.15) is 4.98 Å². The summed E-state index contributed by atoms with van der Waals surface area (Å²) in [7, 11) is 0. The van der Waals surface area contributed by atoms with Crippen LogP contribution in [0, 0.1) is 6.92 Å². The fourth-order valence-corrected chi connectivity index (χ4v) is 7.16. The summed E-state index contributed by atoms with van der Waals surface area (Å²) in [6, 6.07) is 37.0. The zero-order chi connectivity index (χ0) is 26.8. The van der Waals surface area contributed by atoms with Gasteiger partial charge in [0.05, 0.1) is 33.3 Å². The van der Waals surface area contributed by atoms with Crippen LogP contribution in [0.15, 0.2) is 109 Å². The topological polar surface area (TPSA) is 48.0 Å². The molecule has 0 radical (unpaired) electrons. The van der Waals surface area contributed by atoms with E-state index in [9.17, 15) is 0 Å². The van der Waals surface area contributed by atoms with E-state index in [1.54, 1.807) is 6.20 Å². The first-order valence-corrected chi connectivity index (χ1v) is 13.9. The van der Waals surface area contributed by atoms with Crippen LogP contribution in [-0.2, 0) is 0 Å². The Balaban J connectivity index is 1.56. The van der Waals surface area contributed by atoms with Gasteiger partial charge in [0.1, 0.15) is 0 Å². The second-order valence-corrected chi connectivity index (χ2v) is 10.9. The van der Waals surface area contributed by atoms with Gasteiger partial charge >= 0.3 is 0 Å². The average Bonchev–Trinajstić information content (AvgIpc) is 3.65. The number of aromatic nitrogens is 5. The molecule has 0 aliphatic rings. The molecule has 0 amide bonds. The smallest absolute Gasteiger partial charge is 0.237 e. The standard InChI is InChI=1S/C36H21N5/c1-20-22-13-8-18-37-35(22)39-36(38-20)41-32-23-10-3-2-9-21(23)16-17-25(32)28-19-27-24-11-4-6-14-29(24)40-30-15-7-5-12-26(30)31(33(27)40)34(28)41/h2-19H,1H3. The lowest BCUT2D eigenvalue weighted by atomic mass is 10.0. The van der Waals surface area contributed by atoms with Crippen LogP contribution < -0.4 is 0 Å². The van der Waals surface area contributed by atoms with Crippen molar-refractivity contribution in [2.75, 3.05) is 0 Å². The molecule has 0 atom stereocenters. The number of pyridine rings is 1. The van der Waals surface area contributed by atoms with Crippen molar-refractivity contribution in [3.8, 4) is 5.95 Å². The van der Waals surface area contributed by atoms with Crippen molar-refractivity contribution in [3.05, 3.63) is 115 Å². The van der Waals surface area contributed by atoms with Crippen molar-refractivity contribution in [2.24, 2.45) is 0 Å². The van der Waals surface area contributed by atoms with Gasteiger partial charge in [-0.05, 0) is 42.6 Å². The largest absolute Gasteiger partial charge is 0.308 e. The van der Waals surface area contributed by atoms with Crippen molar-refractivity contribution in [3.63, 3.8) is 0 Å². The molecule has 0 aliphatic carbocycles. The summed E-state index contributed by atoms with van der Waals surface area (Å²) in [4.78, 5) is 14.9. The highest BCUT2D eigenvalue weighted by atomic mass is 15.2. The molecule has 190 valence electrons. The normalized spacial score (nSPS) is 12.5. The molecule has 0 unspecified atom stereocenters. The molecule has 0 spiro atoms. The molecule has 10 rings (SSSR count). The van der Waals surface area contributed by atoms with Gasteiger partial charge in [0.2, 0.25) is 5.95 Å². The van der Waals surface area contributed by atoms with E-state index >= 15 is 0 Å². The summed E-state index contributed by atoms with van der Waals surface area (Å²) in [5.74, 6) is 0.646. The van der Waals surface area contributed by atoms with Gasteiger partial charge in [-0.15, -0.1) is 0 Å². The number of benzene rings is 5. The van der Waals surface area contributed by atoms with Gasteiger partial charge < -0.3 is 4.40 Å². The minimum atomic E-state index is 0.646. The monoisotopic (exact) mass is 523 g/mol. The number of hydrogen-bond acceptors (Lipinski definition) is 3. The van der Waals surface area contributed by atoms with Crippen LogP contribution in [0.25, 0.3) is 87.7 Å². The summed E-state index contributed by atoms with van der Waals surface area (Å²) in [5, 5.41) is 10.7. The predicted molar refractivity (Wildman–Crippen MR) is 169 cm³/mol. The van der Waals surface area contributed by atoms with Crippen molar-refractivity contribution in [1.82, 2.24) is 23.9 Å². The fourth-order valence-electron chi connectivity index (χ4n) is 7.16. The highest BCUT2D eigenvalue weighted by molar-refractivity contribution is 6.35. The first-order chi connectivity index (χ1) is 20.3. The van der Waals surface area contributed by atoms with E-state index in [0.717, 1.165) is 22.1 Å². The molecule has 0 aliphatic heterocycles. The highest BCUT2D eigenvalue weighted by Gasteiger charge is 2.26. The van der Waals surface area contributed by atoms with E-state index in [1.807, 2.05) is 19.1 Å². The minimum absolute atomic E-state index is 0.646. The van der Waals surface area contributed by atoms with Crippen molar-refractivity contribution >= 4 is 81.7 Å². The summed E-state index contributed by atoms with van der Waals surface area (Å²) in [6.45, 7) is 2.05. The summed E-state index contributed by atoms with van der Waals surface area (Å²) in [5.41, 5.74) is 7.55. The number of aryl methyl sites for hydroxylation is 1. The van der Waals surface area contributed by atoms with E-state index < -0.39 is 0 Å². The van der Waals surface area contributed by atoms with Crippen LogP contribution in [0.3, 0.4) is 0 Å². The molecule has 5 nitrogen and oxygen atoms in total. The number of rotatable bonds is 1. The lowest BCUT2D eigenvalue weighted by Crippen LogP contribution is -2.04. The Hall–Kier alpha value is -5.55. The molecule has 5 aromatic heterocycles. The third kappa shape index (κ3) is 2.54. The second-order valence-electron chi connectivity index (χ2n) is 10.9. The maximum Gasteiger partial charge on any atom is 0.237 e. The molecule has 5 heterocycles. The molecule has 0 saturated heterocycles. The van der Waals surface area contributed by atoms with E-state index in [2.05, 4.69) is 105 Å². The minimum Gasteiger partial charge on any atom is -0.308 e. The third-order valence-electron chi connectivity index (χ3n) is 8.83. The summed E-state index contributed by atoms with van der Waals surface area (Å²) in [6.07, 6.45) is 1.80. The lowest BCUT2D eigenvalue weighted by Gasteiger charge is -2.11. The molecule has 0 saturated carbocycles. The van der Waals surface area contributed by atoms with Gasteiger partial charge in [0.15, 0.2) is 5.65 Å². The van der Waals surface area contributed by atoms with Gasteiger partial charge in [0.25, 0.3) is 0 Å². The maximum atomic E-state index is 5.13. The molecule has 10 aromatic rings. The Morgan fingerprint density at radius 2 is 1.24 bits per heavy atom. The third-order valence-corrected chi connectivity index (χ3v) is 8.83. The van der Waals surface area contributed by atoms with Crippen LogP contribution >= 0.6 is 0 Å². The Morgan fingerprint density at radius 3 is 2.12 bits per heavy atom. The summed E-state index contributed by atoms with van der Waals surface area (Å²) < 4.78 is 4.73. The second kappa shape index (κ2) is 7.34. The maximum absolute atomic E-state index is 5.13. The number of hydrogen-bond donors (Lipinski definition) is 0. The quantitative estimate of drug-likeness (QED) is 0.216. The number of fused-ring (bicyclic) bond motifs is 13. The van der Waals surface area contributed by atoms with Crippen LogP contribution in [0.4, 0.5) is 0 Å². The van der Waals surface area contributed by atoms with Crippen LogP contribution in [0.2, 0.25) is 0 Å².